The Morgan fingerprint density at radius 3 is 2.92 bits per heavy atom. The van der Waals surface area contributed by atoms with Gasteiger partial charge in [-0.1, -0.05) is 11.6 Å². The van der Waals surface area contributed by atoms with Gasteiger partial charge in [0.25, 0.3) is 0 Å². The quantitative estimate of drug-likeness (QED) is 0.852. The third-order valence-corrected chi connectivity index (χ3v) is 6.42. The molecular formula is C18H21ClN2O3S. The number of anilines is 1. The second kappa shape index (κ2) is 7.17. The second-order valence-electron chi connectivity index (χ2n) is 6.95. The van der Waals surface area contributed by atoms with Crippen molar-refractivity contribution in [1.82, 2.24) is 4.90 Å². The van der Waals surface area contributed by atoms with Gasteiger partial charge in [-0.15, -0.1) is 11.8 Å². The van der Waals surface area contributed by atoms with Crippen molar-refractivity contribution in [2.45, 2.75) is 41.9 Å². The number of carbonyl (C=O) groups is 2. The van der Waals surface area contributed by atoms with Crippen molar-refractivity contribution in [2.24, 2.45) is 5.92 Å². The van der Waals surface area contributed by atoms with Crippen LogP contribution in [0.1, 0.15) is 25.7 Å². The maximum atomic E-state index is 12.9. The molecule has 0 aromatic heterocycles. The molecule has 0 unspecified atom stereocenters. The second-order valence-corrected chi connectivity index (χ2v) is 8.63. The summed E-state index contributed by atoms with van der Waals surface area (Å²) in [6.45, 7) is 2.29. The maximum absolute atomic E-state index is 12.9. The molecule has 5 nitrogen and oxygen atoms in total. The number of nitrogens with zero attached hydrogens (tertiary/aromatic N) is 1. The van der Waals surface area contributed by atoms with Gasteiger partial charge in [-0.2, -0.15) is 0 Å². The molecule has 0 bridgehead atoms. The third-order valence-electron chi connectivity index (χ3n) is 4.91. The third kappa shape index (κ3) is 3.96. The minimum Gasteiger partial charge on any atom is -0.381 e. The van der Waals surface area contributed by atoms with Gasteiger partial charge in [-0.25, -0.2) is 0 Å². The van der Waals surface area contributed by atoms with Gasteiger partial charge >= 0.3 is 0 Å². The molecule has 2 aliphatic heterocycles. The number of thioether (sulfide) groups is 1. The average Bonchev–Trinajstić information content (AvgIpc) is 3.29. The van der Waals surface area contributed by atoms with Gasteiger partial charge in [0.05, 0.1) is 17.5 Å². The van der Waals surface area contributed by atoms with Crippen LogP contribution in [0.15, 0.2) is 23.1 Å². The van der Waals surface area contributed by atoms with Crippen LogP contribution in [0.25, 0.3) is 0 Å². The van der Waals surface area contributed by atoms with Crippen LogP contribution in [-0.2, 0) is 14.3 Å². The van der Waals surface area contributed by atoms with Crippen molar-refractivity contribution in [1.29, 1.82) is 0 Å². The zero-order chi connectivity index (χ0) is 17.4. The maximum Gasteiger partial charge on any atom is 0.238 e. The zero-order valence-electron chi connectivity index (χ0n) is 13.9. The van der Waals surface area contributed by atoms with Gasteiger partial charge in [0.2, 0.25) is 11.8 Å². The molecule has 7 heteroatoms. The van der Waals surface area contributed by atoms with E-state index in [4.69, 9.17) is 16.3 Å². The summed E-state index contributed by atoms with van der Waals surface area (Å²) in [6, 6.07) is 5.81. The lowest BCUT2D eigenvalue weighted by Crippen LogP contribution is -2.41. The summed E-state index contributed by atoms with van der Waals surface area (Å²) >= 11 is 7.43. The largest absolute Gasteiger partial charge is 0.381 e. The van der Waals surface area contributed by atoms with Crippen LogP contribution in [0.4, 0.5) is 5.69 Å². The number of fused-ring (bicyclic) bond motifs is 1. The SMILES string of the molecule is O=C1Nc2cc(Cl)ccc2S[C@@H]1CC(=O)N(C[C@H]1CCOC1)C1CC1. The van der Waals surface area contributed by atoms with Crippen LogP contribution < -0.4 is 5.32 Å². The highest BCUT2D eigenvalue weighted by Crippen LogP contribution is 2.39. The van der Waals surface area contributed by atoms with E-state index < -0.39 is 0 Å². The lowest BCUT2D eigenvalue weighted by Gasteiger charge is -2.29. The summed E-state index contributed by atoms with van der Waals surface area (Å²) in [5, 5.41) is 3.08. The summed E-state index contributed by atoms with van der Waals surface area (Å²) in [4.78, 5) is 28.2. The standard InChI is InChI=1S/C18H21ClN2O3S/c19-12-1-4-15-14(7-12)20-18(23)16(25-15)8-17(22)21(13-2-3-13)9-11-5-6-24-10-11/h1,4,7,11,13,16H,2-3,5-6,8-10H2,(H,20,23)/t11-,16-/m1/s1. The summed E-state index contributed by atoms with van der Waals surface area (Å²) in [7, 11) is 0. The van der Waals surface area contributed by atoms with E-state index in [0.29, 0.717) is 17.0 Å². The van der Waals surface area contributed by atoms with E-state index in [2.05, 4.69) is 5.32 Å². The molecule has 1 aromatic carbocycles. The smallest absolute Gasteiger partial charge is 0.238 e. The monoisotopic (exact) mass is 380 g/mol. The van der Waals surface area contributed by atoms with Gasteiger partial charge in [0, 0.05) is 41.5 Å². The van der Waals surface area contributed by atoms with Crippen LogP contribution in [0.5, 0.6) is 0 Å². The van der Waals surface area contributed by atoms with E-state index >= 15 is 0 Å². The van der Waals surface area contributed by atoms with E-state index in [-0.39, 0.29) is 23.5 Å². The molecule has 4 rings (SSSR count). The van der Waals surface area contributed by atoms with Crippen LogP contribution in [0.3, 0.4) is 0 Å². The van der Waals surface area contributed by atoms with Crippen LogP contribution in [0, 0.1) is 5.92 Å². The number of hydrogen-bond donors (Lipinski definition) is 1. The van der Waals surface area contributed by atoms with Crippen molar-refractivity contribution in [2.75, 3.05) is 25.1 Å². The Morgan fingerprint density at radius 1 is 1.36 bits per heavy atom. The molecule has 3 aliphatic rings. The Bertz CT molecular complexity index is 689. The summed E-state index contributed by atoms with van der Waals surface area (Å²) in [5.74, 6) is 0.396. The number of benzene rings is 1. The van der Waals surface area contributed by atoms with Crippen molar-refractivity contribution in [3.8, 4) is 0 Å². The van der Waals surface area contributed by atoms with E-state index in [1.165, 1.54) is 11.8 Å². The number of rotatable bonds is 5. The predicted octanol–water partition coefficient (Wildman–Crippen LogP) is 3.17. The van der Waals surface area contributed by atoms with Gasteiger partial charge in [0.1, 0.15) is 0 Å². The van der Waals surface area contributed by atoms with Gasteiger partial charge in [-0.3, -0.25) is 9.59 Å². The Hall–Kier alpha value is -1.24. The first-order chi connectivity index (χ1) is 12.1. The molecule has 1 aliphatic carbocycles. The highest BCUT2D eigenvalue weighted by Gasteiger charge is 2.37. The Morgan fingerprint density at radius 2 is 2.20 bits per heavy atom. The number of carbonyl (C=O) groups excluding carboxylic acids is 2. The van der Waals surface area contributed by atoms with E-state index in [1.807, 2.05) is 11.0 Å². The van der Waals surface area contributed by atoms with Crippen LogP contribution >= 0.6 is 23.4 Å². The molecule has 2 amide bonds. The fourth-order valence-electron chi connectivity index (χ4n) is 3.38. The van der Waals surface area contributed by atoms with Crippen molar-refractivity contribution < 1.29 is 14.3 Å². The van der Waals surface area contributed by atoms with E-state index in [1.54, 1.807) is 12.1 Å². The van der Waals surface area contributed by atoms with Crippen LogP contribution in [-0.4, -0.2) is 47.8 Å². The lowest BCUT2D eigenvalue weighted by atomic mass is 10.1. The molecule has 1 aromatic rings. The molecule has 0 spiro atoms. The number of halogens is 1. The zero-order valence-corrected chi connectivity index (χ0v) is 15.4. The fraction of sp³-hybridized carbons (Fsp3) is 0.556. The topological polar surface area (TPSA) is 58.6 Å². The summed E-state index contributed by atoms with van der Waals surface area (Å²) in [5.41, 5.74) is 0.730. The minimum atomic E-state index is -0.387. The normalized spacial score (nSPS) is 25.4. The Kier molecular flexibility index (Phi) is 4.93. The molecule has 1 saturated heterocycles. The van der Waals surface area contributed by atoms with Gasteiger partial charge in [-0.05, 0) is 37.5 Å². The molecule has 2 atom stereocenters. The number of nitrogens with one attached hydrogen (secondary N) is 1. The minimum absolute atomic E-state index is 0.0828. The number of hydrogen-bond acceptors (Lipinski definition) is 4. The predicted molar refractivity (Wildman–Crippen MR) is 98.0 cm³/mol. The molecule has 2 fully saturated rings. The van der Waals surface area contributed by atoms with E-state index in [9.17, 15) is 9.59 Å². The first-order valence-electron chi connectivity index (χ1n) is 8.74. The molecule has 0 radical (unpaired) electrons. The number of ether oxygens (including phenoxy) is 1. The van der Waals surface area contributed by atoms with E-state index in [0.717, 1.165) is 49.6 Å². The van der Waals surface area contributed by atoms with Crippen LogP contribution in [0.2, 0.25) is 5.02 Å². The first kappa shape index (κ1) is 17.2. The lowest BCUT2D eigenvalue weighted by molar-refractivity contribution is -0.133. The van der Waals surface area contributed by atoms with Crippen molar-refractivity contribution >= 4 is 40.9 Å². The highest BCUT2D eigenvalue weighted by atomic mass is 35.5. The summed E-state index contributed by atoms with van der Waals surface area (Å²) < 4.78 is 5.44. The van der Waals surface area contributed by atoms with Crippen molar-refractivity contribution in [3.05, 3.63) is 23.2 Å². The van der Waals surface area contributed by atoms with Gasteiger partial charge in [0.15, 0.2) is 0 Å². The fourth-order valence-corrected chi connectivity index (χ4v) is 4.63. The molecular weight excluding hydrogens is 360 g/mol. The Balaban J connectivity index is 1.42. The Labute approximate surface area is 156 Å². The molecule has 2 heterocycles. The highest BCUT2D eigenvalue weighted by molar-refractivity contribution is 8.01. The molecule has 1 saturated carbocycles. The molecule has 25 heavy (non-hydrogen) atoms. The average molecular weight is 381 g/mol. The van der Waals surface area contributed by atoms with Crippen molar-refractivity contribution in [3.63, 3.8) is 0 Å². The van der Waals surface area contributed by atoms with Gasteiger partial charge < -0.3 is 15.0 Å². The molecule has 1 N–H and O–H groups in total. The first-order valence-corrected chi connectivity index (χ1v) is 10.00. The number of amides is 2. The molecule has 134 valence electrons. The summed E-state index contributed by atoms with van der Waals surface area (Å²) in [6.07, 6.45) is 3.40.